The van der Waals surface area contributed by atoms with Crippen molar-refractivity contribution in [1.82, 2.24) is 9.47 Å². The first-order valence-corrected chi connectivity index (χ1v) is 10.1. The molecule has 0 spiro atoms. The van der Waals surface area contributed by atoms with E-state index in [1.165, 1.54) is 18.2 Å². The minimum atomic E-state index is -0.545. The highest BCUT2D eigenvalue weighted by Gasteiger charge is 2.36. The molecule has 4 nitrogen and oxygen atoms in total. The van der Waals surface area contributed by atoms with Crippen LogP contribution in [-0.2, 0) is 11.3 Å². The molecule has 1 aromatic heterocycles. The maximum atomic E-state index is 14.1. The Bertz CT molecular complexity index is 1120. The van der Waals surface area contributed by atoms with Crippen LogP contribution in [0.4, 0.5) is 9.18 Å². The van der Waals surface area contributed by atoms with E-state index in [0.717, 1.165) is 33.6 Å². The molecule has 7 heteroatoms. The molecule has 0 atom stereocenters. The number of rotatable bonds is 4. The van der Waals surface area contributed by atoms with Crippen LogP contribution in [0, 0.1) is 12.7 Å². The van der Waals surface area contributed by atoms with Crippen LogP contribution in [-0.4, -0.2) is 20.6 Å². The number of benzene rings is 2. The van der Waals surface area contributed by atoms with E-state index in [1.54, 1.807) is 6.08 Å². The minimum absolute atomic E-state index is 0.129. The van der Waals surface area contributed by atoms with Gasteiger partial charge >= 0.3 is 0 Å². The fourth-order valence-corrected chi connectivity index (χ4v) is 4.23. The second-order valence-corrected chi connectivity index (χ2v) is 7.99. The van der Waals surface area contributed by atoms with E-state index in [4.69, 9.17) is 11.6 Å². The Morgan fingerprint density at radius 2 is 1.86 bits per heavy atom. The molecule has 2 heterocycles. The van der Waals surface area contributed by atoms with E-state index >= 15 is 0 Å². The predicted molar refractivity (Wildman–Crippen MR) is 113 cm³/mol. The Hall–Kier alpha value is -2.83. The van der Waals surface area contributed by atoms with Crippen LogP contribution in [0.25, 0.3) is 11.8 Å². The van der Waals surface area contributed by atoms with Gasteiger partial charge in [0, 0.05) is 28.2 Å². The van der Waals surface area contributed by atoms with Crippen molar-refractivity contribution in [3.8, 4) is 5.69 Å². The van der Waals surface area contributed by atoms with Crippen LogP contribution in [0.15, 0.2) is 65.7 Å². The summed E-state index contributed by atoms with van der Waals surface area (Å²) >= 11 is 6.88. The quantitative estimate of drug-likeness (QED) is 0.494. The topological polar surface area (TPSA) is 42.3 Å². The summed E-state index contributed by atoms with van der Waals surface area (Å²) in [5.74, 6) is -1.000. The van der Waals surface area contributed by atoms with Gasteiger partial charge in [-0.1, -0.05) is 35.9 Å². The Kier molecular flexibility index (Phi) is 5.30. The van der Waals surface area contributed by atoms with Crippen LogP contribution in [0.3, 0.4) is 0 Å². The fourth-order valence-electron chi connectivity index (χ4n) is 3.17. The molecule has 146 valence electrons. The molecule has 1 aliphatic rings. The number of hydrogen-bond acceptors (Lipinski definition) is 3. The number of halogens is 2. The molecule has 1 aliphatic heterocycles. The van der Waals surface area contributed by atoms with Gasteiger partial charge in [-0.3, -0.25) is 14.5 Å². The Balaban J connectivity index is 1.60. The molecule has 0 radical (unpaired) electrons. The van der Waals surface area contributed by atoms with Gasteiger partial charge in [0.2, 0.25) is 0 Å². The molecule has 3 aromatic rings. The Labute approximate surface area is 176 Å². The van der Waals surface area contributed by atoms with E-state index in [1.807, 2.05) is 54.1 Å². The number of para-hydroxylation sites is 1. The Morgan fingerprint density at radius 3 is 2.59 bits per heavy atom. The van der Waals surface area contributed by atoms with E-state index in [9.17, 15) is 14.0 Å². The molecule has 4 rings (SSSR count). The summed E-state index contributed by atoms with van der Waals surface area (Å²) in [6.45, 7) is 1.77. The number of nitrogens with zero attached hydrogens (tertiary/aromatic N) is 2. The van der Waals surface area contributed by atoms with Gasteiger partial charge in [0.1, 0.15) is 5.82 Å². The summed E-state index contributed by atoms with van der Waals surface area (Å²) in [5, 5.41) is -0.261. The number of thioether (sulfide) groups is 1. The van der Waals surface area contributed by atoms with Gasteiger partial charge in [0.25, 0.3) is 11.1 Å². The molecule has 2 amide bonds. The maximum Gasteiger partial charge on any atom is 0.293 e. The van der Waals surface area contributed by atoms with Gasteiger partial charge in [-0.05, 0) is 60.7 Å². The lowest BCUT2D eigenvalue weighted by Gasteiger charge is -2.14. The van der Waals surface area contributed by atoms with Gasteiger partial charge in [0.15, 0.2) is 0 Å². The zero-order chi connectivity index (χ0) is 20.5. The number of carbonyl (C=O) groups excluding carboxylic acids is 2. The Morgan fingerprint density at radius 1 is 1.10 bits per heavy atom. The molecule has 0 saturated carbocycles. The first-order chi connectivity index (χ1) is 13.9. The molecular weight excluding hydrogens is 411 g/mol. The van der Waals surface area contributed by atoms with Crippen LogP contribution >= 0.6 is 23.4 Å². The lowest BCUT2D eigenvalue weighted by Crippen LogP contribution is -2.28. The molecule has 29 heavy (non-hydrogen) atoms. The van der Waals surface area contributed by atoms with E-state index in [0.29, 0.717) is 4.91 Å². The SMILES string of the molecule is Cc1cc(/C=C2/SC(=O)N(Cc3c(F)cccc3Cl)C2=O)cn1-c1ccccc1. The summed E-state index contributed by atoms with van der Waals surface area (Å²) in [7, 11) is 0. The zero-order valence-corrected chi connectivity index (χ0v) is 17.0. The van der Waals surface area contributed by atoms with Gasteiger partial charge in [-0.2, -0.15) is 0 Å². The molecule has 1 fully saturated rings. The van der Waals surface area contributed by atoms with Crippen LogP contribution in [0.5, 0.6) is 0 Å². The van der Waals surface area contributed by atoms with Crippen molar-refractivity contribution >= 4 is 40.6 Å². The van der Waals surface area contributed by atoms with Crippen LogP contribution < -0.4 is 0 Å². The second-order valence-electron chi connectivity index (χ2n) is 6.59. The van der Waals surface area contributed by atoms with E-state index < -0.39 is 17.0 Å². The first-order valence-electron chi connectivity index (χ1n) is 8.86. The average molecular weight is 427 g/mol. The molecule has 0 N–H and O–H groups in total. The van der Waals surface area contributed by atoms with Crippen molar-refractivity contribution in [1.29, 1.82) is 0 Å². The lowest BCUT2D eigenvalue weighted by atomic mass is 10.2. The van der Waals surface area contributed by atoms with Gasteiger partial charge in [-0.25, -0.2) is 4.39 Å². The molecule has 0 aliphatic carbocycles. The zero-order valence-electron chi connectivity index (χ0n) is 15.4. The van der Waals surface area contributed by atoms with Crippen molar-refractivity contribution in [2.45, 2.75) is 13.5 Å². The van der Waals surface area contributed by atoms with E-state index in [-0.39, 0.29) is 17.1 Å². The molecule has 2 aromatic carbocycles. The third-order valence-electron chi connectivity index (χ3n) is 4.62. The summed E-state index contributed by atoms with van der Waals surface area (Å²) in [6.07, 6.45) is 3.59. The van der Waals surface area contributed by atoms with Gasteiger partial charge in [0.05, 0.1) is 11.4 Å². The number of imide groups is 1. The van der Waals surface area contributed by atoms with Crippen molar-refractivity contribution < 1.29 is 14.0 Å². The predicted octanol–water partition coefficient (Wildman–Crippen LogP) is 5.81. The fraction of sp³-hybridized carbons (Fsp3) is 0.0909. The average Bonchev–Trinajstić information content (AvgIpc) is 3.19. The van der Waals surface area contributed by atoms with Gasteiger partial charge < -0.3 is 4.57 Å². The standard InChI is InChI=1S/C22H16ClFN2O2S/c1-14-10-15(12-25(14)16-6-3-2-4-7-16)11-20-21(27)26(22(28)29-20)13-17-18(23)8-5-9-19(17)24/h2-12H,13H2,1H3/b20-11+. The summed E-state index contributed by atoms with van der Waals surface area (Å²) in [5.41, 5.74) is 2.94. The highest BCUT2D eigenvalue weighted by molar-refractivity contribution is 8.18. The van der Waals surface area contributed by atoms with Gasteiger partial charge in [-0.15, -0.1) is 0 Å². The third-order valence-corrected chi connectivity index (χ3v) is 5.88. The summed E-state index contributed by atoms with van der Waals surface area (Å²) in [6, 6.07) is 16.0. The first kappa shape index (κ1) is 19.5. The van der Waals surface area contributed by atoms with Crippen molar-refractivity contribution in [2.75, 3.05) is 0 Å². The largest absolute Gasteiger partial charge is 0.321 e. The van der Waals surface area contributed by atoms with E-state index in [2.05, 4.69) is 0 Å². The van der Waals surface area contributed by atoms with Crippen LogP contribution in [0.2, 0.25) is 5.02 Å². The minimum Gasteiger partial charge on any atom is -0.321 e. The highest BCUT2D eigenvalue weighted by atomic mass is 35.5. The molecule has 0 bridgehead atoms. The maximum absolute atomic E-state index is 14.1. The molecule has 1 saturated heterocycles. The number of hydrogen-bond donors (Lipinski definition) is 0. The second kappa shape index (κ2) is 7.89. The van der Waals surface area contributed by atoms with Crippen LogP contribution in [0.1, 0.15) is 16.8 Å². The third kappa shape index (κ3) is 3.86. The summed E-state index contributed by atoms with van der Waals surface area (Å²) < 4.78 is 16.1. The van der Waals surface area contributed by atoms with Crippen molar-refractivity contribution in [3.05, 3.63) is 93.4 Å². The summed E-state index contributed by atoms with van der Waals surface area (Å²) in [4.78, 5) is 26.4. The number of aryl methyl sites for hydroxylation is 1. The van der Waals surface area contributed by atoms with Crippen molar-refractivity contribution in [3.63, 3.8) is 0 Å². The normalized spacial score (nSPS) is 15.6. The number of amides is 2. The highest BCUT2D eigenvalue weighted by Crippen LogP contribution is 2.35. The number of carbonyl (C=O) groups is 2. The monoisotopic (exact) mass is 426 g/mol. The lowest BCUT2D eigenvalue weighted by molar-refractivity contribution is -0.123. The molecule has 0 unspecified atom stereocenters. The molecular formula is C22H16ClFN2O2S. The van der Waals surface area contributed by atoms with Crippen molar-refractivity contribution in [2.24, 2.45) is 0 Å². The number of aromatic nitrogens is 1. The smallest absolute Gasteiger partial charge is 0.293 e.